The Kier molecular flexibility index (Phi) is 3.47. The van der Waals surface area contributed by atoms with E-state index in [2.05, 4.69) is 69.4 Å². The van der Waals surface area contributed by atoms with Crippen LogP contribution in [-0.4, -0.2) is 14.8 Å². The minimum atomic E-state index is 0.543. The summed E-state index contributed by atoms with van der Waals surface area (Å²) in [6.45, 7) is 0.969. The fourth-order valence-corrected chi connectivity index (χ4v) is 3.33. The van der Waals surface area contributed by atoms with Crippen LogP contribution in [0.5, 0.6) is 0 Å². The number of benzene rings is 2. The van der Waals surface area contributed by atoms with E-state index in [1.165, 1.54) is 18.4 Å². The van der Waals surface area contributed by atoms with Gasteiger partial charge in [0.25, 0.3) is 0 Å². The molecule has 110 valence electrons. The van der Waals surface area contributed by atoms with E-state index in [-0.39, 0.29) is 0 Å². The lowest BCUT2D eigenvalue weighted by Crippen LogP contribution is -2.10. The first-order chi connectivity index (χ1) is 10.9. The Morgan fingerprint density at radius 1 is 0.864 bits per heavy atom. The molecule has 2 heterocycles. The number of aromatic nitrogens is 3. The summed E-state index contributed by atoms with van der Waals surface area (Å²) in [6, 6.07) is 21.2. The van der Waals surface area contributed by atoms with Gasteiger partial charge in [-0.3, -0.25) is 0 Å². The molecule has 0 aliphatic carbocycles. The number of hydrogen-bond donors (Lipinski definition) is 0. The second-order valence-electron chi connectivity index (χ2n) is 5.92. The standard InChI is InChI=1S/C19H19N3/c1-3-8-15(9-4-1)17-12-7-13-18-20-21-19(22(18)14-17)16-10-5-2-6-11-16/h1-6,8-11,17H,7,12-14H2. The average Bonchev–Trinajstić information content (AvgIpc) is 2.86. The number of aryl methyl sites for hydroxylation is 1. The summed E-state index contributed by atoms with van der Waals surface area (Å²) >= 11 is 0. The van der Waals surface area contributed by atoms with E-state index in [1.807, 2.05) is 6.07 Å². The monoisotopic (exact) mass is 289 g/mol. The van der Waals surface area contributed by atoms with Crippen LogP contribution in [0, 0.1) is 0 Å². The number of fused-ring (bicyclic) bond motifs is 1. The molecular formula is C19H19N3. The first-order valence-electron chi connectivity index (χ1n) is 7.94. The Morgan fingerprint density at radius 2 is 1.59 bits per heavy atom. The van der Waals surface area contributed by atoms with Gasteiger partial charge in [0.2, 0.25) is 0 Å². The molecule has 2 aromatic carbocycles. The highest BCUT2D eigenvalue weighted by Crippen LogP contribution is 2.30. The predicted molar refractivity (Wildman–Crippen MR) is 87.6 cm³/mol. The van der Waals surface area contributed by atoms with Gasteiger partial charge in [-0.05, 0) is 18.4 Å². The summed E-state index contributed by atoms with van der Waals surface area (Å²) < 4.78 is 2.32. The minimum Gasteiger partial charge on any atom is -0.310 e. The normalized spacial score (nSPS) is 17.7. The van der Waals surface area contributed by atoms with Crippen LogP contribution in [0.4, 0.5) is 0 Å². The summed E-state index contributed by atoms with van der Waals surface area (Å²) in [5, 5.41) is 8.88. The molecule has 0 radical (unpaired) electrons. The van der Waals surface area contributed by atoms with Crippen LogP contribution in [-0.2, 0) is 13.0 Å². The zero-order chi connectivity index (χ0) is 14.8. The van der Waals surface area contributed by atoms with Gasteiger partial charge in [0.05, 0.1) is 0 Å². The van der Waals surface area contributed by atoms with E-state index in [0.717, 1.165) is 30.2 Å². The fraction of sp³-hybridized carbons (Fsp3) is 0.263. The van der Waals surface area contributed by atoms with E-state index in [0.29, 0.717) is 5.92 Å². The third kappa shape index (κ3) is 2.43. The topological polar surface area (TPSA) is 30.7 Å². The van der Waals surface area contributed by atoms with Crippen LogP contribution >= 0.6 is 0 Å². The number of nitrogens with zero attached hydrogens (tertiary/aromatic N) is 3. The summed E-state index contributed by atoms with van der Waals surface area (Å²) in [5.41, 5.74) is 2.57. The maximum absolute atomic E-state index is 4.45. The van der Waals surface area contributed by atoms with E-state index in [9.17, 15) is 0 Å². The maximum atomic E-state index is 4.45. The molecule has 0 bridgehead atoms. The van der Waals surface area contributed by atoms with E-state index in [4.69, 9.17) is 0 Å². The first kappa shape index (κ1) is 13.3. The van der Waals surface area contributed by atoms with Crippen LogP contribution in [0.25, 0.3) is 11.4 Å². The fourth-order valence-electron chi connectivity index (χ4n) is 3.33. The van der Waals surface area contributed by atoms with Gasteiger partial charge in [0, 0.05) is 24.4 Å². The van der Waals surface area contributed by atoms with Crippen molar-refractivity contribution in [3.63, 3.8) is 0 Å². The third-order valence-corrected chi connectivity index (χ3v) is 4.49. The minimum absolute atomic E-state index is 0.543. The van der Waals surface area contributed by atoms with Crippen molar-refractivity contribution in [2.75, 3.05) is 0 Å². The van der Waals surface area contributed by atoms with Gasteiger partial charge >= 0.3 is 0 Å². The SMILES string of the molecule is c1ccc(-c2nnc3n2CC(c2ccccc2)CCC3)cc1. The van der Waals surface area contributed by atoms with Gasteiger partial charge in [-0.1, -0.05) is 60.7 Å². The van der Waals surface area contributed by atoms with Gasteiger partial charge in [0.15, 0.2) is 5.82 Å². The van der Waals surface area contributed by atoms with Crippen molar-refractivity contribution in [1.29, 1.82) is 0 Å². The van der Waals surface area contributed by atoms with Gasteiger partial charge in [-0.25, -0.2) is 0 Å². The van der Waals surface area contributed by atoms with Crippen LogP contribution in [0.15, 0.2) is 60.7 Å². The van der Waals surface area contributed by atoms with Crippen LogP contribution in [0.2, 0.25) is 0 Å². The molecule has 0 spiro atoms. The van der Waals surface area contributed by atoms with Crippen molar-refractivity contribution in [1.82, 2.24) is 14.8 Å². The summed E-state index contributed by atoms with van der Waals surface area (Å²) in [4.78, 5) is 0. The Hall–Kier alpha value is -2.42. The molecule has 0 saturated heterocycles. The molecule has 3 heteroatoms. The highest BCUT2D eigenvalue weighted by Gasteiger charge is 2.22. The zero-order valence-electron chi connectivity index (χ0n) is 12.5. The van der Waals surface area contributed by atoms with Gasteiger partial charge in [-0.2, -0.15) is 0 Å². The van der Waals surface area contributed by atoms with Gasteiger partial charge < -0.3 is 4.57 Å². The summed E-state index contributed by atoms with van der Waals surface area (Å²) in [7, 11) is 0. The van der Waals surface area contributed by atoms with Crippen LogP contribution < -0.4 is 0 Å². The lowest BCUT2D eigenvalue weighted by atomic mass is 9.94. The molecule has 0 saturated carbocycles. The van der Waals surface area contributed by atoms with Gasteiger partial charge in [0.1, 0.15) is 5.82 Å². The Bertz CT molecular complexity index is 747. The Balaban J connectivity index is 1.73. The third-order valence-electron chi connectivity index (χ3n) is 4.49. The highest BCUT2D eigenvalue weighted by molar-refractivity contribution is 5.55. The summed E-state index contributed by atoms with van der Waals surface area (Å²) in [5.74, 6) is 2.66. The molecule has 1 aliphatic rings. The molecule has 4 rings (SSSR count). The molecule has 0 N–H and O–H groups in total. The quantitative estimate of drug-likeness (QED) is 0.712. The van der Waals surface area contributed by atoms with E-state index >= 15 is 0 Å². The largest absolute Gasteiger partial charge is 0.310 e. The number of rotatable bonds is 2. The van der Waals surface area contributed by atoms with Crippen molar-refractivity contribution >= 4 is 0 Å². The van der Waals surface area contributed by atoms with Crippen molar-refractivity contribution in [2.45, 2.75) is 31.7 Å². The highest BCUT2D eigenvalue weighted by atomic mass is 15.3. The summed E-state index contributed by atoms with van der Waals surface area (Å²) in [6.07, 6.45) is 3.40. The average molecular weight is 289 g/mol. The molecule has 1 atom stereocenters. The van der Waals surface area contributed by atoms with Crippen LogP contribution in [0.1, 0.15) is 30.1 Å². The molecule has 1 aliphatic heterocycles. The number of hydrogen-bond acceptors (Lipinski definition) is 2. The Labute approximate surface area is 130 Å². The second-order valence-corrected chi connectivity index (χ2v) is 5.92. The maximum Gasteiger partial charge on any atom is 0.163 e. The van der Waals surface area contributed by atoms with Crippen molar-refractivity contribution < 1.29 is 0 Å². The molecular weight excluding hydrogens is 270 g/mol. The molecule has 1 unspecified atom stereocenters. The van der Waals surface area contributed by atoms with Crippen molar-refractivity contribution in [3.05, 3.63) is 72.1 Å². The van der Waals surface area contributed by atoms with Crippen molar-refractivity contribution in [3.8, 4) is 11.4 Å². The van der Waals surface area contributed by atoms with Gasteiger partial charge in [-0.15, -0.1) is 10.2 Å². The van der Waals surface area contributed by atoms with Crippen LogP contribution in [0.3, 0.4) is 0 Å². The van der Waals surface area contributed by atoms with E-state index < -0.39 is 0 Å². The Morgan fingerprint density at radius 3 is 2.36 bits per heavy atom. The van der Waals surface area contributed by atoms with Crippen molar-refractivity contribution in [2.24, 2.45) is 0 Å². The molecule has 0 amide bonds. The lowest BCUT2D eigenvalue weighted by molar-refractivity contribution is 0.545. The molecule has 3 aromatic rings. The second kappa shape index (κ2) is 5.76. The molecule has 1 aromatic heterocycles. The predicted octanol–water partition coefficient (Wildman–Crippen LogP) is 4.07. The van der Waals surface area contributed by atoms with E-state index in [1.54, 1.807) is 0 Å². The molecule has 22 heavy (non-hydrogen) atoms. The molecule has 0 fully saturated rings. The smallest absolute Gasteiger partial charge is 0.163 e. The lowest BCUT2D eigenvalue weighted by Gasteiger charge is -2.17. The zero-order valence-corrected chi connectivity index (χ0v) is 12.5. The molecule has 3 nitrogen and oxygen atoms in total. The first-order valence-corrected chi connectivity index (χ1v) is 7.94.